The van der Waals surface area contributed by atoms with Crippen molar-refractivity contribution in [2.24, 2.45) is 28.6 Å². The summed E-state index contributed by atoms with van der Waals surface area (Å²) >= 11 is 0. The van der Waals surface area contributed by atoms with Gasteiger partial charge in [-0.25, -0.2) is 0 Å². The van der Waals surface area contributed by atoms with Gasteiger partial charge in [-0.2, -0.15) is 0 Å². The molecular weight excluding hydrogens is 340 g/mol. The summed E-state index contributed by atoms with van der Waals surface area (Å²) in [6.45, 7) is 8.03. The van der Waals surface area contributed by atoms with Crippen LogP contribution in [0, 0.1) is 28.6 Å². The number of carbonyl (C=O) groups is 2. The molecule has 0 spiro atoms. The van der Waals surface area contributed by atoms with Crippen molar-refractivity contribution in [3.8, 4) is 0 Å². The lowest BCUT2D eigenvalue weighted by Crippen LogP contribution is -2.54. The fraction of sp³-hybridized carbons (Fsp3) is 0.826. The smallest absolute Gasteiger partial charge is 0.302 e. The third-order valence-electron chi connectivity index (χ3n) is 9.34. The molecule has 0 unspecified atom stereocenters. The van der Waals surface area contributed by atoms with Gasteiger partial charge < -0.3 is 9.47 Å². The second-order valence-corrected chi connectivity index (χ2v) is 10.3. The Kier molecular flexibility index (Phi) is 3.62. The molecule has 1 aliphatic heterocycles. The lowest BCUT2D eigenvalue weighted by Gasteiger charge is -2.58. The van der Waals surface area contributed by atoms with Crippen LogP contribution in [0.3, 0.4) is 0 Å². The van der Waals surface area contributed by atoms with Crippen LogP contribution in [-0.4, -0.2) is 29.6 Å². The number of carbonyl (C=O) groups excluding carboxylic acids is 2. The Hall–Kier alpha value is -1.16. The van der Waals surface area contributed by atoms with Crippen LogP contribution in [-0.2, 0) is 19.1 Å². The van der Waals surface area contributed by atoms with E-state index in [9.17, 15) is 9.59 Å². The molecule has 0 aromatic heterocycles. The number of fused-ring (bicyclic) bond motifs is 7. The van der Waals surface area contributed by atoms with E-state index >= 15 is 0 Å². The van der Waals surface area contributed by atoms with Crippen LogP contribution in [0.4, 0.5) is 0 Å². The minimum absolute atomic E-state index is 0.0152. The van der Waals surface area contributed by atoms with E-state index < -0.39 is 5.60 Å². The van der Waals surface area contributed by atoms with E-state index in [0.717, 1.165) is 38.5 Å². The van der Waals surface area contributed by atoms with Crippen molar-refractivity contribution >= 4 is 11.8 Å². The van der Waals surface area contributed by atoms with Crippen LogP contribution in [0.15, 0.2) is 11.6 Å². The molecule has 0 aromatic rings. The van der Waals surface area contributed by atoms with Crippen molar-refractivity contribution in [1.29, 1.82) is 0 Å². The normalized spacial score (nSPS) is 52.6. The van der Waals surface area contributed by atoms with Gasteiger partial charge in [-0.1, -0.05) is 25.5 Å². The molecule has 1 saturated heterocycles. The summed E-state index contributed by atoms with van der Waals surface area (Å²) in [5.41, 5.74) is 1.30. The first-order valence-corrected chi connectivity index (χ1v) is 10.8. The number of hydrogen-bond acceptors (Lipinski definition) is 4. The molecule has 27 heavy (non-hydrogen) atoms. The van der Waals surface area contributed by atoms with Crippen molar-refractivity contribution in [1.82, 2.24) is 0 Å². The number of ketones is 1. The van der Waals surface area contributed by atoms with Gasteiger partial charge in [0, 0.05) is 18.8 Å². The first kappa shape index (κ1) is 17.9. The van der Waals surface area contributed by atoms with Gasteiger partial charge in [-0.3, -0.25) is 9.59 Å². The molecule has 1 heterocycles. The van der Waals surface area contributed by atoms with Crippen LogP contribution in [0.2, 0.25) is 0 Å². The van der Waals surface area contributed by atoms with E-state index in [2.05, 4.69) is 19.9 Å². The molecule has 4 fully saturated rings. The number of Topliss-reactive ketones (excluding diaryl/α,β-unsaturated/α-hetero) is 1. The van der Waals surface area contributed by atoms with Crippen molar-refractivity contribution in [2.45, 2.75) is 90.4 Å². The molecule has 0 bridgehead atoms. The van der Waals surface area contributed by atoms with Crippen LogP contribution in [0.5, 0.6) is 0 Å². The van der Waals surface area contributed by atoms with E-state index in [1.807, 2.05) is 0 Å². The maximum atomic E-state index is 12.5. The van der Waals surface area contributed by atoms with Crippen molar-refractivity contribution in [3.05, 3.63) is 11.6 Å². The Bertz CT molecular complexity index is 741. The van der Waals surface area contributed by atoms with Crippen LogP contribution in [0.25, 0.3) is 0 Å². The summed E-state index contributed by atoms with van der Waals surface area (Å²) in [7, 11) is 0. The number of ether oxygens (including phenoxy) is 2. The summed E-state index contributed by atoms with van der Waals surface area (Å²) in [4.78, 5) is 23.8. The number of esters is 1. The fourth-order valence-electron chi connectivity index (χ4n) is 8.03. The SMILES string of the molecule is CC(=O)O[C@H]1CC[C@@]2(C)C(=CC[C@@H]3[C@@H]2CC[C@@]2(C)[C@H]3C[C@H]3O[C@@]32C(C)=O)C1. The molecule has 5 rings (SSSR count). The number of allylic oxidation sites excluding steroid dienone is 1. The minimum Gasteiger partial charge on any atom is -0.462 e. The second kappa shape index (κ2) is 5.46. The predicted molar refractivity (Wildman–Crippen MR) is 101 cm³/mol. The lowest BCUT2D eigenvalue weighted by atomic mass is 9.47. The van der Waals surface area contributed by atoms with E-state index in [1.165, 1.54) is 18.9 Å². The molecule has 8 atom stereocenters. The Balaban J connectivity index is 1.43. The molecule has 3 saturated carbocycles. The van der Waals surface area contributed by atoms with Crippen LogP contribution in [0.1, 0.15) is 72.6 Å². The summed E-state index contributed by atoms with van der Waals surface area (Å²) in [6, 6.07) is 0. The Labute approximate surface area is 162 Å². The standard InChI is InChI=1S/C23H32O4/c1-13(24)23-20(27-23)12-19-17-6-5-15-11-16(26-14(2)25)7-9-21(15,3)18(17)8-10-22(19,23)4/h5,16-20H,6-12H2,1-4H3/t16-,17+,18-,19-,20+,21-,22-,23-/m0/s1. The highest BCUT2D eigenvalue weighted by atomic mass is 16.6. The molecule has 148 valence electrons. The number of rotatable bonds is 2. The molecule has 0 amide bonds. The molecule has 0 N–H and O–H groups in total. The third kappa shape index (κ3) is 2.14. The number of hydrogen-bond donors (Lipinski definition) is 0. The van der Waals surface area contributed by atoms with E-state index in [0.29, 0.717) is 17.8 Å². The Morgan fingerprint density at radius 1 is 1.15 bits per heavy atom. The van der Waals surface area contributed by atoms with Gasteiger partial charge in [0.1, 0.15) is 6.10 Å². The monoisotopic (exact) mass is 372 g/mol. The average molecular weight is 373 g/mol. The summed E-state index contributed by atoms with van der Waals surface area (Å²) in [6.07, 6.45) is 10.1. The zero-order valence-corrected chi connectivity index (χ0v) is 17.0. The molecule has 0 radical (unpaired) electrons. The van der Waals surface area contributed by atoms with E-state index in [4.69, 9.17) is 9.47 Å². The molecule has 0 aromatic carbocycles. The van der Waals surface area contributed by atoms with Gasteiger partial charge in [0.25, 0.3) is 0 Å². The predicted octanol–water partition coefficient (Wildman–Crippen LogP) is 4.22. The molecule has 4 nitrogen and oxygen atoms in total. The van der Waals surface area contributed by atoms with E-state index in [1.54, 1.807) is 6.92 Å². The largest absolute Gasteiger partial charge is 0.462 e. The second-order valence-electron chi connectivity index (χ2n) is 10.3. The van der Waals surface area contributed by atoms with Gasteiger partial charge >= 0.3 is 5.97 Å². The Morgan fingerprint density at radius 2 is 1.93 bits per heavy atom. The van der Waals surface area contributed by atoms with Crippen molar-refractivity contribution < 1.29 is 19.1 Å². The highest BCUT2D eigenvalue weighted by molar-refractivity contribution is 5.90. The van der Waals surface area contributed by atoms with Crippen molar-refractivity contribution in [2.75, 3.05) is 0 Å². The zero-order valence-electron chi connectivity index (χ0n) is 17.0. The quantitative estimate of drug-likeness (QED) is 0.414. The molecule has 4 heteroatoms. The summed E-state index contributed by atoms with van der Waals surface area (Å²) in [5.74, 6) is 2.03. The highest BCUT2D eigenvalue weighted by Gasteiger charge is 2.79. The highest BCUT2D eigenvalue weighted by Crippen LogP contribution is 2.73. The molecule has 4 aliphatic carbocycles. The van der Waals surface area contributed by atoms with Crippen LogP contribution < -0.4 is 0 Å². The maximum absolute atomic E-state index is 12.5. The van der Waals surface area contributed by atoms with Gasteiger partial charge in [0.15, 0.2) is 11.4 Å². The van der Waals surface area contributed by atoms with Gasteiger partial charge in [0.05, 0.1) is 6.10 Å². The zero-order chi connectivity index (χ0) is 19.2. The van der Waals surface area contributed by atoms with Gasteiger partial charge in [-0.05, 0) is 68.6 Å². The van der Waals surface area contributed by atoms with Gasteiger partial charge in [-0.15, -0.1) is 0 Å². The fourth-order valence-corrected chi connectivity index (χ4v) is 8.03. The topological polar surface area (TPSA) is 55.9 Å². The number of epoxide rings is 1. The first-order chi connectivity index (χ1) is 12.7. The van der Waals surface area contributed by atoms with E-state index in [-0.39, 0.29) is 34.8 Å². The lowest BCUT2D eigenvalue weighted by molar-refractivity contribution is -0.149. The van der Waals surface area contributed by atoms with Gasteiger partial charge in [0.2, 0.25) is 0 Å². The molecular formula is C23H32O4. The third-order valence-corrected chi connectivity index (χ3v) is 9.34. The summed E-state index contributed by atoms with van der Waals surface area (Å²) < 4.78 is 11.6. The van der Waals surface area contributed by atoms with Crippen molar-refractivity contribution in [3.63, 3.8) is 0 Å². The van der Waals surface area contributed by atoms with Crippen LogP contribution >= 0.6 is 0 Å². The molecule has 5 aliphatic rings. The minimum atomic E-state index is -0.472. The average Bonchev–Trinajstić information content (AvgIpc) is 3.27. The Morgan fingerprint density at radius 3 is 2.63 bits per heavy atom. The maximum Gasteiger partial charge on any atom is 0.302 e. The first-order valence-electron chi connectivity index (χ1n) is 10.8. The summed E-state index contributed by atoms with van der Waals surface area (Å²) in [5, 5.41) is 0.